The van der Waals surface area contributed by atoms with Gasteiger partial charge in [-0.15, -0.1) is 22.7 Å². The number of aryl methyl sites for hydroxylation is 1. The van der Waals surface area contributed by atoms with Crippen molar-refractivity contribution < 1.29 is 9.53 Å². The van der Waals surface area contributed by atoms with E-state index in [0.717, 1.165) is 32.6 Å². The normalized spacial score (nSPS) is 10.7. The Morgan fingerprint density at radius 1 is 1.03 bits per heavy atom. The molecule has 6 heteroatoms. The number of nitrogens with one attached hydrogen (secondary N) is 1. The molecular weight excluding hydrogens is 400 g/mol. The number of anilines is 1. The molecule has 0 saturated heterocycles. The van der Waals surface area contributed by atoms with Crippen molar-refractivity contribution in [1.82, 2.24) is 4.98 Å². The van der Waals surface area contributed by atoms with E-state index in [4.69, 9.17) is 4.74 Å². The molecule has 2 heterocycles. The molecule has 4 aromatic rings. The predicted octanol–water partition coefficient (Wildman–Crippen LogP) is 5.94. The number of carbonyl (C=O) groups is 1. The Bertz CT molecular complexity index is 1090. The van der Waals surface area contributed by atoms with Gasteiger partial charge in [0.05, 0.1) is 12.1 Å². The summed E-state index contributed by atoms with van der Waals surface area (Å²) in [5, 5.41) is 7.82. The standard InChI is InChI=1S/C23H20N2O2S2/c1-16-8-10-18(11-9-16)27-14-23-24-17(15-29-23)13-22(26)25-20-6-3-2-5-19(20)21-7-4-12-28-21/h2-12,15H,13-14H2,1H3,(H,25,26). The van der Waals surface area contributed by atoms with E-state index >= 15 is 0 Å². The third-order valence-electron chi connectivity index (χ3n) is 4.31. The van der Waals surface area contributed by atoms with Gasteiger partial charge in [0, 0.05) is 21.5 Å². The van der Waals surface area contributed by atoms with Crippen LogP contribution in [0.15, 0.2) is 71.4 Å². The molecule has 0 unspecified atom stereocenters. The second-order valence-electron chi connectivity index (χ2n) is 6.58. The summed E-state index contributed by atoms with van der Waals surface area (Å²) in [6, 6.07) is 19.8. The number of amides is 1. The fraction of sp³-hybridized carbons (Fsp3) is 0.130. The van der Waals surface area contributed by atoms with Crippen LogP contribution in [0.25, 0.3) is 10.4 Å². The number of thiazole rings is 1. The maximum atomic E-state index is 12.5. The van der Waals surface area contributed by atoms with Gasteiger partial charge in [-0.2, -0.15) is 0 Å². The number of rotatable bonds is 7. The molecule has 0 fully saturated rings. The SMILES string of the molecule is Cc1ccc(OCc2nc(CC(=O)Nc3ccccc3-c3cccs3)cs2)cc1. The van der Waals surface area contributed by atoms with E-state index in [9.17, 15) is 4.79 Å². The Labute approximate surface area is 177 Å². The third kappa shape index (κ3) is 5.10. The highest BCUT2D eigenvalue weighted by molar-refractivity contribution is 7.13. The molecule has 1 N–H and O–H groups in total. The van der Waals surface area contributed by atoms with Crippen LogP contribution in [0.3, 0.4) is 0 Å². The minimum Gasteiger partial charge on any atom is -0.486 e. The molecule has 0 radical (unpaired) electrons. The Kier molecular flexibility index (Phi) is 6.03. The van der Waals surface area contributed by atoms with Crippen LogP contribution in [0.2, 0.25) is 0 Å². The van der Waals surface area contributed by atoms with Crippen LogP contribution in [-0.4, -0.2) is 10.9 Å². The quantitative estimate of drug-likeness (QED) is 0.402. The van der Waals surface area contributed by atoms with Crippen molar-refractivity contribution in [3.05, 3.63) is 87.7 Å². The molecule has 29 heavy (non-hydrogen) atoms. The number of benzene rings is 2. The minimum absolute atomic E-state index is 0.0784. The topological polar surface area (TPSA) is 51.2 Å². The summed E-state index contributed by atoms with van der Waals surface area (Å²) in [4.78, 5) is 18.2. The largest absolute Gasteiger partial charge is 0.486 e. The summed E-state index contributed by atoms with van der Waals surface area (Å²) in [6.45, 7) is 2.44. The van der Waals surface area contributed by atoms with E-state index in [1.807, 2.05) is 72.3 Å². The highest BCUT2D eigenvalue weighted by atomic mass is 32.1. The van der Waals surface area contributed by atoms with Crippen molar-refractivity contribution >= 4 is 34.3 Å². The molecule has 146 valence electrons. The van der Waals surface area contributed by atoms with Crippen LogP contribution in [-0.2, 0) is 17.8 Å². The van der Waals surface area contributed by atoms with Gasteiger partial charge in [0.1, 0.15) is 17.4 Å². The van der Waals surface area contributed by atoms with Crippen LogP contribution in [0.5, 0.6) is 5.75 Å². The van der Waals surface area contributed by atoms with Crippen LogP contribution in [0.1, 0.15) is 16.3 Å². The first kappa shape index (κ1) is 19.4. The molecule has 0 bridgehead atoms. The van der Waals surface area contributed by atoms with E-state index < -0.39 is 0 Å². The van der Waals surface area contributed by atoms with Gasteiger partial charge in [0.25, 0.3) is 0 Å². The van der Waals surface area contributed by atoms with Crippen molar-refractivity contribution in [3.63, 3.8) is 0 Å². The van der Waals surface area contributed by atoms with Gasteiger partial charge in [-0.3, -0.25) is 4.79 Å². The lowest BCUT2D eigenvalue weighted by Gasteiger charge is -2.09. The van der Waals surface area contributed by atoms with Gasteiger partial charge < -0.3 is 10.1 Å². The first-order valence-electron chi connectivity index (χ1n) is 9.23. The second-order valence-corrected chi connectivity index (χ2v) is 8.47. The van der Waals surface area contributed by atoms with Gasteiger partial charge in [-0.1, -0.05) is 42.0 Å². The van der Waals surface area contributed by atoms with Gasteiger partial charge in [0.15, 0.2) is 0 Å². The van der Waals surface area contributed by atoms with E-state index in [-0.39, 0.29) is 12.3 Å². The maximum Gasteiger partial charge on any atom is 0.230 e. The second kappa shape index (κ2) is 9.03. The van der Waals surface area contributed by atoms with Crippen LogP contribution < -0.4 is 10.1 Å². The highest BCUT2D eigenvalue weighted by Gasteiger charge is 2.12. The van der Waals surface area contributed by atoms with Crippen LogP contribution >= 0.6 is 22.7 Å². The number of ether oxygens (including phenoxy) is 1. The molecule has 0 saturated carbocycles. The number of para-hydroxylation sites is 1. The Morgan fingerprint density at radius 3 is 2.66 bits per heavy atom. The monoisotopic (exact) mass is 420 g/mol. The van der Waals surface area contributed by atoms with Crippen molar-refractivity contribution in [3.8, 4) is 16.2 Å². The van der Waals surface area contributed by atoms with E-state index in [0.29, 0.717) is 6.61 Å². The number of thiophene rings is 1. The molecule has 2 aromatic heterocycles. The molecule has 0 spiro atoms. The molecule has 4 nitrogen and oxygen atoms in total. The van der Waals surface area contributed by atoms with Gasteiger partial charge >= 0.3 is 0 Å². The predicted molar refractivity (Wildman–Crippen MR) is 120 cm³/mol. The smallest absolute Gasteiger partial charge is 0.230 e. The van der Waals surface area contributed by atoms with Crippen molar-refractivity contribution in [2.75, 3.05) is 5.32 Å². The summed E-state index contributed by atoms with van der Waals surface area (Å²) in [5.74, 6) is 0.737. The summed E-state index contributed by atoms with van der Waals surface area (Å²) in [5.41, 5.74) is 3.79. The van der Waals surface area contributed by atoms with E-state index in [1.165, 1.54) is 16.9 Å². The number of aromatic nitrogens is 1. The highest BCUT2D eigenvalue weighted by Crippen LogP contribution is 2.31. The molecule has 0 aliphatic carbocycles. The average molecular weight is 421 g/mol. The zero-order valence-corrected chi connectivity index (χ0v) is 17.6. The number of hydrogen-bond donors (Lipinski definition) is 1. The molecule has 1 amide bonds. The number of carbonyl (C=O) groups excluding carboxylic acids is 1. The lowest BCUT2D eigenvalue weighted by Crippen LogP contribution is -2.15. The number of nitrogens with zero attached hydrogens (tertiary/aromatic N) is 1. The molecule has 0 aliphatic rings. The average Bonchev–Trinajstić information content (AvgIpc) is 3.40. The zero-order chi connectivity index (χ0) is 20.1. The van der Waals surface area contributed by atoms with Gasteiger partial charge in [0.2, 0.25) is 5.91 Å². The lowest BCUT2D eigenvalue weighted by atomic mass is 10.1. The van der Waals surface area contributed by atoms with Crippen molar-refractivity contribution in [1.29, 1.82) is 0 Å². The molecule has 0 aliphatic heterocycles. The van der Waals surface area contributed by atoms with Crippen molar-refractivity contribution in [2.45, 2.75) is 20.0 Å². The summed E-state index contributed by atoms with van der Waals surface area (Å²) < 4.78 is 5.77. The van der Waals surface area contributed by atoms with Gasteiger partial charge in [-0.05, 0) is 36.6 Å². The summed E-state index contributed by atoms with van der Waals surface area (Å²) in [6.07, 6.45) is 0.236. The van der Waals surface area contributed by atoms with Crippen LogP contribution in [0, 0.1) is 6.92 Å². The van der Waals surface area contributed by atoms with E-state index in [1.54, 1.807) is 11.3 Å². The Hall–Kier alpha value is -2.96. The van der Waals surface area contributed by atoms with Gasteiger partial charge in [-0.25, -0.2) is 4.98 Å². The first-order valence-corrected chi connectivity index (χ1v) is 11.0. The van der Waals surface area contributed by atoms with Crippen molar-refractivity contribution in [2.24, 2.45) is 0 Å². The lowest BCUT2D eigenvalue weighted by molar-refractivity contribution is -0.115. The fourth-order valence-corrected chi connectivity index (χ4v) is 4.34. The zero-order valence-electron chi connectivity index (χ0n) is 15.9. The fourth-order valence-electron chi connectivity index (χ4n) is 2.87. The van der Waals surface area contributed by atoms with E-state index in [2.05, 4.69) is 16.4 Å². The molecule has 4 rings (SSSR count). The molecular formula is C23H20N2O2S2. The maximum absolute atomic E-state index is 12.5. The molecule has 0 atom stereocenters. The van der Waals surface area contributed by atoms with Crippen LogP contribution in [0.4, 0.5) is 5.69 Å². The summed E-state index contributed by atoms with van der Waals surface area (Å²) >= 11 is 3.16. The Morgan fingerprint density at radius 2 is 1.86 bits per heavy atom. The molecule has 2 aromatic carbocycles. The Balaban J connectivity index is 1.36. The minimum atomic E-state index is -0.0784. The number of hydrogen-bond acceptors (Lipinski definition) is 5. The first-order chi connectivity index (χ1) is 14.2. The summed E-state index contributed by atoms with van der Waals surface area (Å²) in [7, 11) is 0. The third-order valence-corrected chi connectivity index (χ3v) is 6.09.